The number of hydrogen-bond acceptors (Lipinski definition) is 6. The van der Waals surface area contributed by atoms with Gasteiger partial charge in [-0.25, -0.2) is 4.39 Å². The minimum atomic E-state index is -0.232. The molecule has 30 heavy (non-hydrogen) atoms. The minimum Gasteiger partial charge on any atom is -0.363 e. The van der Waals surface area contributed by atoms with Crippen molar-refractivity contribution in [3.8, 4) is 0 Å². The van der Waals surface area contributed by atoms with Gasteiger partial charge in [-0.3, -0.25) is 9.59 Å². The van der Waals surface area contributed by atoms with Crippen molar-refractivity contribution in [1.82, 2.24) is 20.0 Å². The maximum absolute atomic E-state index is 13.1. The first-order chi connectivity index (χ1) is 14.3. The Labute approximate surface area is 183 Å². The zero-order valence-corrected chi connectivity index (χ0v) is 18.8. The molecule has 0 radical (unpaired) electrons. The standard InChI is InChI=1S/C22H33FN4O2S/c1-18(24-17-22(29)27-13-11-25(3)12-14-27)26(15-16-30-19(2)28)10-4-5-20-6-8-21(23)9-7-20/h6-9,24H,1,4-5,10-17H2,2-3H3. The van der Waals surface area contributed by atoms with Crippen molar-refractivity contribution in [3.05, 3.63) is 48.0 Å². The molecule has 8 heteroatoms. The molecule has 2 rings (SSSR count). The van der Waals surface area contributed by atoms with Gasteiger partial charge in [-0.2, -0.15) is 0 Å². The van der Waals surface area contributed by atoms with Gasteiger partial charge in [0.25, 0.3) is 0 Å². The highest BCUT2D eigenvalue weighted by molar-refractivity contribution is 8.13. The fourth-order valence-electron chi connectivity index (χ4n) is 3.26. The molecule has 1 heterocycles. The molecule has 1 saturated heterocycles. The molecule has 6 nitrogen and oxygen atoms in total. The third-order valence-electron chi connectivity index (χ3n) is 5.15. The summed E-state index contributed by atoms with van der Waals surface area (Å²) in [7, 11) is 2.06. The number of carbonyl (C=O) groups is 2. The molecule has 1 aromatic carbocycles. The molecule has 0 aliphatic carbocycles. The molecule has 0 unspecified atom stereocenters. The van der Waals surface area contributed by atoms with Gasteiger partial charge in [-0.05, 0) is 37.6 Å². The normalized spacial score (nSPS) is 14.4. The van der Waals surface area contributed by atoms with Crippen LogP contribution in [0.4, 0.5) is 4.39 Å². The first-order valence-corrected chi connectivity index (χ1v) is 11.4. The summed E-state index contributed by atoms with van der Waals surface area (Å²) in [6.07, 6.45) is 1.69. The van der Waals surface area contributed by atoms with Crippen LogP contribution in [-0.2, 0) is 16.0 Å². The second kappa shape index (κ2) is 12.6. The van der Waals surface area contributed by atoms with Crippen LogP contribution in [0.15, 0.2) is 36.7 Å². The fourth-order valence-corrected chi connectivity index (χ4v) is 3.86. The number of thioether (sulfide) groups is 1. The van der Waals surface area contributed by atoms with Crippen LogP contribution in [0.1, 0.15) is 18.9 Å². The molecule has 1 aliphatic heterocycles. The van der Waals surface area contributed by atoms with Crippen molar-refractivity contribution >= 4 is 22.8 Å². The van der Waals surface area contributed by atoms with Gasteiger partial charge in [-0.1, -0.05) is 30.5 Å². The molecule has 0 saturated carbocycles. The van der Waals surface area contributed by atoms with Gasteiger partial charge in [0, 0.05) is 51.9 Å². The summed E-state index contributed by atoms with van der Waals surface area (Å²) in [6.45, 7) is 10.6. The van der Waals surface area contributed by atoms with E-state index in [0.29, 0.717) is 18.1 Å². The number of likely N-dealkylation sites (N-methyl/N-ethyl adjacent to an activating group) is 1. The molecule has 0 atom stereocenters. The second-order valence-corrected chi connectivity index (χ2v) is 8.81. The third-order valence-corrected chi connectivity index (χ3v) is 5.95. The summed E-state index contributed by atoms with van der Waals surface area (Å²) in [5, 5.41) is 3.26. The summed E-state index contributed by atoms with van der Waals surface area (Å²) in [5.74, 6) is 1.21. The van der Waals surface area contributed by atoms with Gasteiger partial charge in [-0.15, -0.1) is 0 Å². The van der Waals surface area contributed by atoms with Crippen molar-refractivity contribution in [1.29, 1.82) is 0 Å². The predicted molar refractivity (Wildman–Crippen MR) is 121 cm³/mol. The summed E-state index contributed by atoms with van der Waals surface area (Å²) in [4.78, 5) is 29.9. The summed E-state index contributed by atoms with van der Waals surface area (Å²) in [5.41, 5.74) is 1.08. The number of hydrogen-bond donors (Lipinski definition) is 1. The zero-order valence-electron chi connectivity index (χ0n) is 18.0. The number of piperazine rings is 1. The molecule has 1 fully saturated rings. The van der Waals surface area contributed by atoms with Crippen LogP contribution < -0.4 is 5.32 Å². The molecule has 0 bridgehead atoms. The number of carbonyl (C=O) groups excluding carboxylic acids is 2. The topological polar surface area (TPSA) is 55.9 Å². The Hall–Kier alpha value is -2.06. The van der Waals surface area contributed by atoms with E-state index in [0.717, 1.165) is 51.1 Å². The van der Waals surface area contributed by atoms with Crippen LogP contribution in [0.3, 0.4) is 0 Å². The molecule has 0 aromatic heterocycles. The molecular formula is C22H33FN4O2S. The van der Waals surface area contributed by atoms with E-state index < -0.39 is 0 Å². The van der Waals surface area contributed by atoms with E-state index in [4.69, 9.17) is 0 Å². The number of rotatable bonds is 11. The smallest absolute Gasteiger partial charge is 0.242 e. The van der Waals surface area contributed by atoms with Gasteiger partial charge >= 0.3 is 0 Å². The molecule has 1 N–H and O–H groups in total. The SMILES string of the molecule is C=C(NCC(=O)N1CCN(C)CC1)N(CCCc1ccc(F)cc1)CCSC(C)=O. The number of amides is 1. The van der Waals surface area contributed by atoms with Crippen LogP contribution >= 0.6 is 11.8 Å². The third kappa shape index (κ3) is 8.75. The number of benzene rings is 1. The van der Waals surface area contributed by atoms with E-state index in [1.54, 1.807) is 19.1 Å². The Kier molecular flexibility index (Phi) is 10.2. The molecule has 1 amide bonds. The van der Waals surface area contributed by atoms with E-state index >= 15 is 0 Å². The maximum atomic E-state index is 13.1. The quantitative estimate of drug-likeness (QED) is 0.574. The lowest BCUT2D eigenvalue weighted by Gasteiger charge is -2.33. The van der Waals surface area contributed by atoms with E-state index in [9.17, 15) is 14.0 Å². The summed E-state index contributed by atoms with van der Waals surface area (Å²) in [6, 6.07) is 6.54. The lowest BCUT2D eigenvalue weighted by atomic mass is 10.1. The van der Waals surface area contributed by atoms with Crippen LogP contribution in [0, 0.1) is 5.82 Å². The predicted octanol–water partition coefficient (Wildman–Crippen LogP) is 2.17. The van der Waals surface area contributed by atoms with Gasteiger partial charge in [0.2, 0.25) is 5.91 Å². The van der Waals surface area contributed by atoms with Gasteiger partial charge in [0.05, 0.1) is 12.4 Å². The fraction of sp³-hybridized carbons (Fsp3) is 0.545. The molecule has 0 spiro atoms. The lowest BCUT2D eigenvalue weighted by Crippen LogP contribution is -2.50. The van der Waals surface area contributed by atoms with Crippen LogP contribution in [-0.4, -0.2) is 84.3 Å². The lowest BCUT2D eigenvalue weighted by molar-refractivity contribution is -0.131. The highest BCUT2D eigenvalue weighted by Gasteiger charge is 2.19. The second-order valence-electron chi connectivity index (χ2n) is 7.54. The van der Waals surface area contributed by atoms with Crippen LogP contribution in [0.25, 0.3) is 0 Å². The summed E-state index contributed by atoms with van der Waals surface area (Å²) < 4.78 is 13.1. The average molecular weight is 437 g/mol. The molecule has 1 aliphatic rings. The number of halogens is 1. The Bertz CT molecular complexity index is 706. The van der Waals surface area contributed by atoms with Crippen molar-refractivity contribution in [2.45, 2.75) is 19.8 Å². The first kappa shape index (κ1) is 24.2. The largest absolute Gasteiger partial charge is 0.363 e. The van der Waals surface area contributed by atoms with Gasteiger partial charge in [0.15, 0.2) is 5.12 Å². The van der Waals surface area contributed by atoms with Crippen molar-refractivity contribution in [2.24, 2.45) is 0 Å². The Morgan fingerprint density at radius 1 is 1.17 bits per heavy atom. The molecule has 166 valence electrons. The monoisotopic (exact) mass is 436 g/mol. The van der Waals surface area contributed by atoms with Crippen molar-refractivity contribution < 1.29 is 14.0 Å². The number of nitrogens with zero attached hydrogens (tertiary/aromatic N) is 3. The van der Waals surface area contributed by atoms with Crippen molar-refractivity contribution in [2.75, 3.05) is 58.6 Å². The Balaban J connectivity index is 1.81. The molecular weight excluding hydrogens is 403 g/mol. The highest BCUT2D eigenvalue weighted by Crippen LogP contribution is 2.10. The van der Waals surface area contributed by atoms with E-state index in [1.807, 2.05) is 4.90 Å². The van der Waals surface area contributed by atoms with E-state index in [2.05, 4.69) is 28.7 Å². The average Bonchev–Trinajstić information content (AvgIpc) is 2.72. The van der Waals surface area contributed by atoms with E-state index in [-0.39, 0.29) is 23.4 Å². The maximum Gasteiger partial charge on any atom is 0.242 e. The number of nitrogens with one attached hydrogen (secondary N) is 1. The Morgan fingerprint density at radius 2 is 1.83 bits per heavy atom. The van der Waals surface area contributed by atoms with E-state index in [1.165, 1.54) is 23.9 Å². The van der Waals surface area contributed by atoms with Crippen molar-refractivity contribution in [3.63, 3.8) is 0 Å². The summed E-state index contributed by atoms with van der Waals surface area (Å²) >= 11 is 1.28. The van der Waals surface area contributed by atoms with Gasteiger partial charge in [0.1, 0.15) is 5.82 Å². The highest BCUT2D eigenvalue weighted by atomic mass is 32.2. The first-order valence-electron chi connectivity index (χ1n) is 10.4. The molecule has 1 aromatic rings. The van der Waals surface area contributed by atoms with Gasteiger partial charge < -0.3 is 20.0 Å². The number of aryl methyl sites for hydroxylation is 1. The van der Waals surface area contributed by atoms with Crippen LogP contribution in [0.2, 0.25) is 0 Å². The zero-order chi connectivity index (χ0) is 21.9. The van der Waals surface area contributed by atoms with Crippen LogP contribution in [0.5, 0.6) is 0 Å². The minimum absolute atomic E-state index is 0.0774. The Morgan fingerprint density at radius 3 is 2.47 bits per heavy atom.